The SMILES string of the molecule is C.C.C.C.CC.CC(=O)C(C)C.[CH2-]CN(C[CH2-])CC.[V+2].c1ccc2c(c1)OCO2. The normalized spacial score (nSPS) is 8.90. The largest absolute Gasteiger partial charge is 2.00 e. The molecule has 0 aromatic heterocycles. The Labute approximate surface area is 196 Å². The Morgan fingerprint density at radius 2 is 1.31 bits per heavy atom. The summed E-state index contributed by atoms with van der Waals surface area (Å²) in [7, 11) is 0. The molecule has 0 saturated heterocycles. The molecule has 0 amide bonds. The number of carbonyl (C=O) groups is 1. The van der Waals surface area contributed by atoms with Crippen LogP contribution < -0.4 is 9.47 Å². The van der Waals surface area contributed by atoms with Crippen molar-refractivity contribution in [3.8, 4) is 11.5 Å². The zero-order chi connectivity index (χ0) is 19.0. The van der Waals surface area contributed by atoms with Crippen molar-refractivity contribution in [2.45, 2.75) is 71.2 Å². The zero-order valence-electron chi connectivity index (χ0n) is 16.7. The molecule has 0 spiro atoms. The Balaban J connectivity index is -0.0000000452. The molecule has 1 radical (unpaired) electrons. The smallest absolute Gasteiger partial charge is 0.454 e. The molecule has 0 atom stereocenters. The Hall–Kier alpha value is -0.966. The van der Waals surface area contributed by atoms with Gasteiger partial charge in [-0.1, -0.05) is 76.5 Å². The molecule has 1 heterocycles. The van der Waals surface area contributed by atoms with Crippen LogP contribution in [0.3, 0.4) is 0 Å². The van der Waals surface area contributed by atoms with Crippen LogP contribution in [0.5, 0.6) is 11.5 Å². The molecule has 4 nitrogen and oxygen atoms in total. The number of nitrogens with zero attached hydrogens (tertiary/aromatic N) is 1. The number of para-hydroxylation sites is 2. The van der Waals surface area contributed by atoms with Gasteiger partial charge in [-0.3, -0.25) is 4.79 Å². The molecular formula is C24H51NO3V. The molecule has 1 aromatic carbocycles. The Kier molecular flexibility index (Phi) is 50.7. The molecule has 1 aliphatic rings. The van der Waals surface area contributed by atoms with Crippen LogP contribution in [-0.2, 0) is 23.4 Å². The van der Waals surface area contributed by atoms with Gasteiger partial charge in [0.2, 0.25) is 6.79 Å². The number of fused-ring (bicyclic) bond motifs is 1. The second-order valence-corrected chi connectivity index (χ2v) is 5.05. The van der Waals surface area contributed by atoms with Gasteiger partial charge in [-0.2, -0.15) is 0 Å². The molecule has 0 aliphatic carbocycles. The molecule has 0 bridgehead atoms. The minimum Gasteiger partial charge on any atom is -0.454 e. The molecule has 1 aliphatic heterocycles. The van der Waals surface area contributed by atoms with E-state index >= 15 is 0 Å². The summed E-state index contributed by atoms with van der Waals surface area (Å²) in [5, 5.41) is 0. The van der Waals surface area contributed by atoms with Gasteiger partial charge in [-0.05, 0) is 25.6 Å². The first kappa shape index (κ1) is 46.3. The van der Waals surface area contributed by atoms with Crippen molar-refractivity contribution in [3.63, 3.8) is 0 Å². The summed E-state index contributed by atoms with van der Waals surface area (Å²) in [6.45, 7) is 22.1. The maximum absolute atomic E-state index is 10.1. The van der Waals surface area contributed by atoms with Crippen molar-refractivity contribution in [1.29, 1.82) is 0 Å². The number of hydrogen-bond donors (Lipinski definition) is 0. The van der Waals surface area contributed by atoms with Crippen LogP contribution in [0.15, 0.2) is 24.3 Å². The topological polar surface area (TPSA) is 38.8 Å². The minimum absolute atomic E-state index is 0. The van der Waals surface area contributed by atoms with Gasteiger partial charge < -0.3 is 28.2 Å². The molecule has 1 aromatic rings. The van der Waals surface area contributed by atoms with E-state index in [4.69, 9.17) is 9.47 Å². The molecule has 5 heteroatoms. The fraction of sp³-hybridized carbons (Fsp3) is 0.625. The van der Waals surface area contributed by atoms with Gasteiger partial charge in [0.15, 0.2) is 11.5 Å². The number of ketones is 1. The molecule has 0 fully saturated rings. The summed E-state index contributed by atoms with van der Waals surface area (Å²) < 4.78 is 10.2. The number of hydrogen-bond acceptors (Lipinski definition) is 4. The first-order valence-corrected chi connectivity index (χ1v) is 8.62. The first-order valence-electron chi connectivity index (χ1n) is 8.62. The van der Waals surface area contributed by atoms with Gasteiger partial charge >= 0.3 is 18.6 Å². The first-order chi connectivity index (χ1) is 11.5. The van der Waals surface area contributed by atoms with Gasteiger partial charge in [-0.25, -0.2) is 0 Å². The van der Waals surface area contributed by atoms with E-state index in [1.807, 2.05) is 52.0 Å². The molecule has 175 valence electrons. The van der Waals surface area contributed by atoms with Crippen LogP contribution >= 0.6 is 0 Å². The van der Waals surface area contributed by atoms with E-state index in [-0.39, 0.29) is 60.0 Å². The number of Topliss-reactive ketones (excluding diaryl/α,β-unsaturated/α-hetero) is 1. The van der Waals surface area contributed by atoms with Crippen molar-refractivity contribution < 1.29 is 32.8 Å². The van der Waals surface area contributed by atoms with Crippen LogP contribution in [-0.4, -0.2) is 37.1 Å². The minimum atomic E-state index is 0. The fourth-order valence-corrected chi connectivity index (χ4v) is 1.27. The van der Waals surface area contributed by atoms with Crippen LogP contribution in [0.4, 0.5) is 0 Å². The molecule has 0 N–H and O–H groups in total. The van der Waals surface area contributed by atoms with E-state index in [0.717, 1.165) is 31.1 Å². The molecule has 29 heavy (non-hydrogen) atoms. The second kappa shape index (κ2) is 31.7. The van der Waals surface area contributed by atoms with Crippen LogP contribution in [0, 0.1) is 19.8 Å². The van der Waals surface area contributed by atoms with E-state index in [0.29, 0.717) is 6.79 Å². The van der Waals surface area contributed by atoms with Gasteiger partial charge in [0.1, 0.15) is 5.78 Å². The van der Waals surface area contributed by atoms with Crippen molar-refractivity contribution in [3.05, 3.63) is 38.1 Å². The molecule has 2 rings (SSSR count). The maximum Gasteiger partial charge on any atom is 2.00 e. The Morgan fingerprint density at radius 1 is 1.00 bits per heavy atom. The summed E-state index contributed by atoms with van der Waals surface area (Å²) in [6.07, 6.45) is 0. The summed E-state index contributed by atoms with van der Waals surface area (Å²) in [5.41, 5.74) is 0. The predicted molar refractivity (Wildman–Crippen MR) is 129 cm³/mol. The Bertz CT molecular complexity index is 394. The van der Waals surface area contributed by atoms with E-state index in [1.165, 1.54) is 0 Å². The number of carbonyl (C=O) groups excluding carboxylic acids is 1. The van der Waals surface area contributed by atoms with Gasteiger partial charge in [-0.15, -0.1) is 13.1 Å². The van der Waals surface area contributed by atoms with Crippen molar-refractivity contribution in [2.75, 3.05) is 26.4 Å². The summed E-state index contributed by atoms with van der Waals surface area (Å²) in [4.78, 5) is 12.3. The van der Waals surface area contributed by atoms with E-state index in [1.54, 1.807) is 6.92 Å². The summed E-state index contributed by atoms with van der Waals surface area (Å²) in [5.74, 6) is 2.16. The van der Waals surface area contributed by atoms with E-state index in [9.17, 15) is 4.79 Å². The number of rotatable bonds is 4. The monoisotopic (exact) mass is 452 g/mol. The van der Waals surface area contributed by atoms with Gasteiger partial charge in [0.05, 0.1) is 0 Å². The van der Waals surface area contributed by atoms with Crippen molar-refractivity contribution in [1.82, 2.24) is 4.90 Å². The maximum atomic E-state index is 10.1. The third-order valence-corrected chi connectivity index (χ3v) is 3.17. The Morgan fingerprint density at radius 3 is 1.48 bits per heavy atom. The number of ether oxygens (including phenoxy) is 2. The molecule has 0 unspecified atom stereocenters. The fourth-order valence-electron chi connectivity index (χ4n) is 1.27. The average Bonchev–Trinajstić information content (AvgIpc) is 3.08. The van der Waals surface area contributed by atoms with Crippen LogP contribution in [0.1, 0.15) is 71.2 Å². The van der Waals surface area contributed by atoms with Crippen LogP contribution in [0.2, 0.25) is 0 Å². The third-order valence-electron chi connectivity index (χ3n) is 3.17. The standard InChI is InChI=1S/C7H6O2.C6H13N.C5H10O.C2H6.4CH4.V/c1-2-4-7-6(3-1)8-5-9-7;1-4-7(5-2)6-3;1-4(2)5(3)6;1-2;;;;;/h1-4H,5H2;1-2,4-6H2,3H3;4H,1-3H3;1-2H3;4*1H4;/q;-2;;;;;;;+2. The third kappa shape index (κ3) is 25.0. The van der Waals surface area contributed by atoms with Gasteiger partial charge in [0.25, 0.3) is 0 Å². The average molecular weight is 453 g/mol. The predicted octanol–water partition coefficient (Wildman–Crippen LogP) is 7.19. The summed E-state index contributed by atoms with van der Waals surface area (Å²) in [6, 6.07) is 7.63. The van der Waals surface area contributed by atoms with Gasteiger partial charge in [0, 0.05) is 5.92 Å². The van der Waals surface area contributed by atoms with E-state index in [2.05, 4.69) is 25.7 Å². The molecular weight excluding hydrogens is 401 g/mol. The number of benzene rings is 1. The van der Waals surface area contributed by atoms with Crippen molar-refractivity contribution >= 4 is 5.78 Å². The van der Waals surface area contributed by atoms with Crippen LogP contribution in [0.25, 0.3) is 0 Å². The van der Waals surface area contributed by atoms with Crippen molar-refractivity contribution in [2.24, 2.45) is 5.92 Å². The second-order valence-electron chi connectivity index (χ2n) is 5.05. The van der Waals surface area contributed by atoms with E-state index < -0.39 is 0 Å². The quantitative estimate of drug-likeness (QED) is 0.453. The zero-order valence-corrected chi connectivity index (χ0v) is 18.1. The molecule has 0 saturated carbocycles. The summed E-state index contributed by atoms with van der Waals surface area (Å²) >= 11 is 0.